The van der Waals surface area contributed by atoms with E-state index < -0.39 is 0 Å². The zero-order chi connectivity index (χ0) is 19.7. The number of nitrogens with zero attached hydrogens (tertiary/aromatic N) is 3. The predicted octanol–water partition coefficient (Wildman–Crippen LogP) is 2.33. The fraction of sp³-hybridized carbons (Fsp3) is 0.524. The summed E-state index contributed by atoms with van der Waals surface area (Å²) in [6, 6.07) is 9.69. The Hall–Kier alpha value is -2.70. The summed E-state index contributed by atoms with van der Waals surface area (Å²) >= 11 is 0. The first-order valence-corrected chi connectivity index (χ1v) is 10.2. The Morgan fingerprint density at radius 1 is 1.29 bits per heavy atom. The minimum Gasteiger partial charge on any atom is -0.353 e. The molecule has 1 aromatic heterocycles. The Balaban J connectivity index is 1.39. The summed E-state index contributed by atoms with van der Waals surface area (Å²) < 4.78 is 0. The molecule has 0 spiro atoms. The molecule has 4 rings (SSSR count). The van der Waals surface area contributed by atoms with Crippen molar-refractivity contribution in [1.82, 2.24) is 25.6 Å². The lowest BCUT2D eigenvalue weighted by Crippen LogP contribution is -2.58. The fourth-order valence-electron chi connectivity index (χ4n) is 4.82. The molecule has 1 aliphatic heterocycles. The van der Waals surface area contributed by atoms with Gasteiger partial charge in [-0.2, -0.15) is 9.90 Å². The van der Waals surface area contributed by atoms with Crippen molar-refractivity contribution in [3.05, 3.63) is 42.2 Å². The molecule has 28 heavy (non-hydrogen) atoms. The molecule has 1 saturated carbocycles. The van der Waals surface area contributed by atoms with Crippen LogP contribution < -0.4 is 10.6 Å². The summed E-state index contributed by atoms with van der Waals surface area (Å²) in [5, 5.41) is 14.8. The maximum Gasteiger partial charge on any atom is 0.273 e. The van der Waals surface area contributed by atoms with Crippen LogP contribution in [0.2, 0.25) is 0 Å². The van der Waals surface area contributed by atoms with Crippen molar-refractivity contribution < 1.29 is 9.59 Å². The first-order valence-electron chi connectivity index (χ1n) is 10.2. The molecule has 2 aromatic rings. The number of piperidine rings is 1. The molecule has 1 aliphatic carbocycles. The van der Waals surface area contributed by atoms with E-state index in [1.54, 1.807) is 0 Å². The highest BCUT2D eigenvalue weighted by molar-refractivity contribution is 5.92. The molecule has 0 radical (unpaired) electrons. The van der Waals surface area contributed by atoms with Gasteiger partial charge in [0.1, 0.15) is 0 Å². The van der Waals surface area contributed by atoms with Crippen molar-refractivity contribution in [2.45, 2.75) is 51.6 Å². The van der Waals surface area contributed by atoms with Gasteiger partial charge in [-0.15, -0.1) is 5.10 Å². The van der Waals surface area contributed by atoms with Crippen LogP contribution in [0.3, 0.4) is 0 Å². The number of nitrogens with one attached hydrogen (secondary N) is 2. The number of hydrogen-bond donors (Lipinski definition) is 2. The number of amides is 2. The van der Waals surface area contributed by atoms with Gasteiger partial charge in [-0.3, -0.25) is 9.59 Å². The molecule has 5 unspecified atom stereocenters. The topological polar surface area (TPSA) is 88.9 Å². The molecule has 0 bridgehead atoms. The van der Waals surface area contributed by atoms with E-state index in [-0.39, 0.29) is 29.8 Å². The summed E-state index contributed by atoms with van der Waals surface area (Å²) in [6.07, 6.45) is 5.09. The zero-order valence-corrected chi connectivity index (χ0v) is 16.3. The summed E-state index contributed by atoms with van der Waals surface area (Å²) in [7, 11) is 0. The average molecular weight is 381 g/mol. The first-order chi connectivity index (χ1) is 13.6. The molecule has 7 nitrogen and oxygen atoms in total. The lowest BCUT2D eigenvalue weighted by Gasteiger charge is -2.46. The molecule has 148 valence electrons. The Morgan fingerprint density at radius 3 is 2.82 bits per heavy atom. The normalized spacial score (nSPS) is 29.6. The molecular weight excluding hydrogens is 354 g/mol. The van der Waals surface area contributed by atoms with E-state index in [1.807, 2.05) is 30.3 Å². The molecule has 7 heteroatoms. The number of benzene rings is 1. The van der Waals surface area contributed by atoms with E-state index in [2.05, 4.69) is 34.7 Å². The van der Waals surface area contributed by atoms with Crippen LogP contribution in [0, 0.1) is 17.8 Å². The van der Waals surface area contributed by atoms with Gasteiger partial charge in [0.2, 0.25) is 5.91 Å². The Bertz CT molecular complexity index is 849. The molecule has 2 fully saturated rings. The summed E-state index contributed by atoms with van der Waals surface area (Å²) in [5.41, 5.74) is 1.12. The van der Waals surface area contributed by atoms with Crippen LogP contribution in [-0.2, 0) is 4.79 Å². The van der Waals surface area contributed by atoms with Gasteiger partial charge in [-0.25, -0.2) is 0 Å². The highest BCUT2D eigenvalue weighted by Crippen LogP contribution is 2.38. The number of rotatable bonds is 4. The van der Waals surface area contributed by atoms with Crippen molar-refractivity contribution >= 4 is 11.8 Å². The van der Waals surface area contributed by atoms with Crippen LogP contribution in [-0.4, -0.2) is 38.9 Å². The zero-order valence-electron chi connectivity index (χ0n) is 16.3. The van der Waals surface area contributed by atoms with Gasteiger partial charge in [0.25, 0.3) is 5.91 Å². The first kappa shape index (κ1) is 18.7. The molecule has 2 amide bonds. The van der Waals surface area contributed by atoms with Gasteiger partial charge < -0.3 is 10.6 Å². The van der Waals surface area contributed by atoms with E-state index in [9.17, 15) is 9.59 Å². The third-order valence-corrected chi connectivity index (χ3v) is 6.36. The molecule has 1 aromatic carbocycles. The van der Waals surface area contributed by atoms with Crippen molar-refractivity contribution in [2.24, 2.45) is 17.8 Å². The van der Waals surface area contributed by atoms with Crippen molar-refractivity contribution in [2.75, 3.05) is 0 Å². The summed E-state index contributed by atoms with van der Waals surface area (Å²) in [4.78, 5) is 26.4. The van der Waals surface area contributed by atoms with Gasteiger partial charge in [-0.05, 0) is 49.7 Å². The number of carbonyl (C=O) groups is 2. The Kier molecular flexibility index (Phi) is 5.15. The smallest absolute Gasteiger partial charge is 0.273 e. The summed E-state index contributed by atoms with van der Waals surface area (Å²) in [6.45, 7) is 4.28. The third kappa shape index (κ3) is 3.53. The highest BCUT2D eigenvalue weighted by Gasteiger charge is 2.43. The number of carbonyl (C=O) groups excluding carboxylic acids is 2. The highest BCUT2D eigenvalue weighted by atomic mass is 16.2. The maximum absolute atomic E-state index is 12.6. The fourth-order valence-corrected chi connectivity index (χ4v) is 4.82. The molecule has 2 heterocycles. The van der Waals surface area contributed by atoms with Crippen LogP contribution in [0.5, 0.6) is 0 Å². The molecule has 1 saturated heterocycles. The van der Waals surface area contributed by atoms with Crippen LogP contribution in [0.15, 0.2) is 36.5 Å². The van der Waals surface area contributed by atoms with Gasteiger partial charge in [0.15, 0.2) is 5.69 Å². The van der Waals surface area contributed by atoms with Crippen molar-refractivity contribution in [3.63, 3.8) is 0 Å². The second kappa shape index (κ2) is 7.73. The molecule has 2 N–H and O–H groups in total. The van der Waals surface area contributed by atoms with Gasteiger partial charge >= 0.3 is 0 Å². The standard InChI is InChI=1S/C21H27N5O2/c1-3-16-13(2)17-10-9-14(11-18(17)24-20(16)27)23-21(28)19-12-22-26(25-19)15-7-5-4-6-8-15/h4-8,12-14,16-18H,3,9-11H2,1-2H3,(H,23,28)(H,24,27). The minimum absolute atomic E-state index is 0.0429. The van der Waals surface area contributed by atoms with E-state index in [0.717, 1.165) is 31.4 Å². The lowest BCUT2D eigenvalue weighted by atomic mass is 9.67. The quantitative estimate of drug-likeness (QED) is 0.851. The van der Waals surface area contributed by atoms with E-state index >= 15 is 0 Å². The van der Waals surface area contributed by atoms with Gasteiger partial charge in [0.05, 0.1) is 11.9 Å². The molecule has 2 aliphatic rings. The second-order valence-corrected chi connectivity index (χ2v) is 7.99. The van der Waals surface area contributed by atoms with E-state index in [1.165, 1.54) is 11.0 Å². The largest absolute Gasteiger partial charge is 0.353 e. The molecule has 5 atom stereocenters. The lowest BCUT2D eigenvalue weighted by molar-refractivity contribution is -0.133. The van der Waals surface area contributed by atoms with Crippen LogP contribution in [0.25, 0.3) is 5.69 Å². The minimum atomic E-state index is -0.216. The summed E-state index contributed by atoms with van der Waals surface area (Å²) in [5.74, 6) is 0.947. The number of fused-ring (bicyclic) bond motifs is 1. The average Bonchev–Trinajstić information content (AvgIpc) is 3.19. The SMILES string of the molecule is CCC1C(=O)NC2CC(NC(=O)c3cnn(-c4ccccc4)n3)CCC2C1C. The number of para-hydroxylation sites is 1. The monoisotopic (exact) mass is 381 g/mol. The van der Waals surface area contributed by atoms with Crippen molar-refractivity contribution in [3.8, 4) is 5.69 Å². The van der Waals surface area contributed by atoms with Gasteiger partial charge in [0, 0.05) is 18.0 Å². The van der Waals surface area contributed by atoms with Crippen molar-refractivity contribution in [1.29, 1.82) is 0 Å². The Morgan fingerprint density at radius 2 is 2.07 bits per heavy atom. The maximum atomic E-state index is 12.6. The van der Waals surface area contributed by atoms with Crippen LogP contribution >= 0.6 is 0 Å². The Labute approximate surface area is 164 Å². The number of aromatic nitrogens is 3. The van der Waals surface area contributed by atoms with Crippen LogP contribution in [0.1, 0.15) is 50.0 Å². The predicted molar refractivity (Wildman–Crippen MR) is 105 cm³/mol. The van der Waals surface area contributed by atoms with Crippen LogP contribution in [0.4, 0.5) is 0 Å². The van der Waals surface area contributed by atoms with Gasteiger partial charge in [-0.1, -0.05) is 32.0 Å². The van der Waals surface area contributed by atoms with E-state index in [0.29, 0.717) is 17.5 Å². The third-order valence-electron chi connectivity index (χ3n) is 6.36. The second-order valence-electron chi connectivity index (χ2n) is 7.99. The van der Waals surface area contributed by atoms with E-state index in [4.69, 9.17) is 0 Å². The molecular formula is C21H27N5O2. The number of hydrogen-bond acceptors (Lipinski definition) is 4.